The first-order valence-corrected chi connectivity index (χ1v) is 8.90. The van der Waals surface area contributed by atoms with Gasteiger partial charge in [-0.15, -0.1) is 0 Å². The molecule has 0 bridgehead atoms. The fourth-order valence-corrected chi connectivity index (χ4v) is 5.92. The molecule has 0 saturated heterocycles. The van der Waals surface area contributed by atoms with Crippen LogP contribution in [0.2, 0.25) is 0 Å². The standard InChI is InChI=1S/C19H28O3/c1-10-7-15-17-14(5-6-19(15,2)18(10)22)13-4-3-12(20)8-11(13)9-16(17)21/h8,10,12-14,16,18,20-22H,3-7,9H2,1-2H3/t10-,12+,13?,14?,16+,18+,19+/m1/s1. The van der Waals surface area contributed by atoms with Gasteiger partial charge in [0.25, 0.3) is 0 Å². The minimum absolute atomic E-state index is 0.123. The largest absolute Gasteiger partial charge is 0.392 e. The van der Waals surface area contributed by atoms with Crippen LogP contribution < -0.4 is 0 Å². The predicted molar refractivity (Wildman–Crippen MR) is 85.1 cm³/mol. The third-order valence-electron chi connectivity index (χ3n) is 7.06. The first-order valence-electron chi connectivity index (χ1n) is 8.90. The summed E-state index contributed by atoms with van der Waals surface area (Å²) in [6.07, 6.45) is 6.59. The minimum Gasteiger partial charge on any atom is -0.392 e. The van der Waals surface area contributed by atoms with E-state index in [-0.39, 0.29) is 17.6 Å². The molecule has 4 aliphatic carbocycles. The van der Waals surface area contributed by atoms with E-state index in [2.05, 4.69) is 13.8 Å². The molecule has 3 N–H and O–H groups in total. The highest BCUT2D eigenvalue weighted by atomic mass is 16.3. The Labute approximate surface area is 132 Å². The molecule has 3 heteroatoms. The van der Waals surface area contributed by atoms with Gasteiger partial charge >= 0.3 is 0 Å². The van der Waals surface area contributed by atoms with Crippen molar-refractivity contribution in [2.75, 3.05) is 0 Å². The molecule has 0 heterocycles. The molecular weight excluding hydrogens is 276 g/mol. The molecule has 0 radical (unpaired) electrons. The fourth-order valence-electron chi connectivity index (χ4n) is 5.92. The van der Waals surface area contributed by atoms with Gasteiger partial charge in [-0.2, -0.15) is 0 Å². The number of fused-ring (bicyclic) bond motifs is 4. The Bertz CT molecular complexity index is 549. The van der Waals surface area contributed by atoms with Crippen molar-refractivity contribution < 1.29 is 15.3 Å². The lowest BCUT2D eigenvalue weighted by Crippen LogP contribution is -2.43. The number of hydrogen-bond donors (Lipinski definition) is 3. The lowest BCUT2D eigenvalue weighted by atomic mass is 9.58. The molecule has 122 valence electrons. The molecule has 0 aromatic carbocycles. The van der Waals surface area contributed by atoms with E-state index >= 15 is 0 Å². The molecule has 0 aliphatic heterocycles. The molecule has 4 rings (SSSR count). The van der Waals surface area contributed by atoms with Crippen LogP contribution in [0.15, 0.2) is 22.8 Å². The smallest absolute Gasteiger partial charge is 0.0793 e. The second-order valence-electron chi connectivity index (χ2n) is 8.34. The Morgan fingerprint density at radius 3 is 2.59 bits per heavy atom. The summed E-state index contributed by atoms with van der Waals surface area (Å²) in [5.74, 6) is 1.23. The predicted octanol–water partition coefficient (Wildman–Crippen LogP) is 2.56. The summed E-state index contributed by atoms with van der Waals surface area (Å²) in [4.78, 5) is 0. The topological polar surface area (TPSA) is 60.7 Å². The molecule has 2 unspecified atom stereocenters. The van der Waals surface area contributed by atoms with Crippen LogP contribution >= 0.6 is 0 Å². The molecule has 2 fully saturated rings. The normalized spacial score (nSPS) is 51.0. The molecule has 7 atom stereocenters. The van der Waals surface area contributed by atoms with Gasteiger partial charge in [-0.3, -0.25) is 0 Å². The van der Waals surface area contributed by atoms with Gasteiger partial charge < -0.3 is 15.3 Å². The molecule has 22 heavy (non-hydrogen) atoms. The van der Waals surface area contributed by atoms with Crippen LogP contribution in [0.25, 0.3) is 0 Å². The zero-order valence-electron chi connectivity index (χ0n) is 13.6. The highest BCUT2D eigenvalue weighted by Gasteiger charge is 2.53. The SMILES string of the molecule is C[C@@H]1CC2=C3C(CC[C@]2(C)[C@H]1O)C1CC[C@H](O)C=C1C[C@@H]3O. The van der Waals surface area contributed by atoms with E-state index in [4.69, 9.17) is 0 Å². The molecule has 3 nitrogen and oxygen atoms in total. The number of aliphatic hydroxyl groups is 3. The van der Waals surface area contributed by atoms with Crippen LogP contribution in [0.4, 0.5) is 0 Å². The van der Waals surface area contributed by atoms with Crippen molar-refractivity contribution >= 4 is 0 Å². The van der Waals surface area contributed by atoms with Crippen LogP contribution in [0.3, 0.4) is 0 Å². The Balaban J connectivity index is 1.79. The highest BCUT2D eigenvalue weighted by Crippen LogP contribution is 2.59. The van der Waals surface area contributed by atoms with E-state index in [0.29, 0.717) is 24.2 Å². The van der Waals surface area contributed by atoms with Gasteiger partial charge in [-0.25, -0.2) is 0 Å². The molecule has 0 aromatic heterocycles. The highest BCUT2D eigenvalue weighted by molar-refractivity contribution is 5.40. The summed E-state index contributed by atoms with van der Waals surface area (Å²) in [6.45, 7) is 4.33. The fraction of sp³-hybridized carbons (Fsp3) is 0.789. The Hall–Kier alpha value is -0.640. The summed E-state index contributed by atoms with van der Waals surface area (Å²) in [5, 5.41) is 31.3. The molecule has 0 spiro atoms. The maximum Gasteiger partial charge on any atom is 0.0793 e. The maximum atomic E-state index is 10.8. The third-order valence-corrected chi connectivity index (χ3v) is 7.06. The average molecular weight is 304 g/mol. The van der Waals surface area contributed by atoms with E-state index in [9.17, 15) is 15.3 Å². The van der Waals surface area contributed by atoms with Gasteiger partial charge in [0.1, 0.15) is 0 Å². The Kier molecular flexibility index (Phi) is 3.34. The monoisotopic (exact) mass is 304 g/mol. The third kappa shape index (κ3) is 1.92. The van der Waals surface area contributed by atoms with Gasteiger partial charge in [0.15, 0.2) is 0 Å². The van der Waals surface area contributed by atoms with Crippen molar-refractivity contribution in [3.63, 3.8) is 0 Å². The van der Waals surface area contributed by atoms with Crippen molar-refractivity contribution in [1.82, 2.24) is 0 Å². The summed E-state index contributed by atoms with van der Waals surface area (Å²) < 4.78 is 0. The molecule has 4 aliphatic rings. The Morgan fingerprint density at radius 2 is 1.82 bits per heavy atom. The number of aliphatic hydroxyl groups excluding tert-OH is 3. The van der Waals surface area contributed by atoms with Gasteiger partial charge in [-0.1, -0.05) is 31.1 Å². The van der Waals surface area contributed by atoms with E-state index in [1.807, 2.05) is 6.08 Å². The lowest BCUT2D eigenvalue weighted by molar-refractivity contribution is 0.0311. The van der Waals surface area contributed by atoms with Gasteiger partial charge in [0.05, 0.1) is 18.3 Å². The van der Waals surface area contributed by atoms with E-state index < -0.39 is 6.10 Å². The van der Waals surface area contributed by atoms with E-state index in [0.717, 1.165) is 32.1 Å². The zero-order chi connectivity index (χ0) is 15.6. The summed E-state index contributed by atoms with van der Waals surface area (Å²) in [7, 11) is 0. The second-order valence-corrected chi connectivity index (χ2v) is 8.34. The van der Waals surface area contributed by atoms with Crippen LogP contribution in [0.5, 0.6) is 0 Å². The number of hydrogen-bond acceptors (Lipinski definition) is 3. The van der Waals surface area contributed by atoms with Crippen molar-refractivity contribution in [2.24, 2.45) is 23.2 Å². The molecule has 2 saturated carbocycles. The van der Waals surface area contributed by atoms with E-state index in [1.165, 1.54) is 16.7 Å². The number of rotatable bonds is 0. The van der Waals surface area contributed by atoms with Crippen molar-refractivity contribution in [3.8, 4) is 0 Å². The van der Waals surface area contributed by atoms with Crippen molar-refractivity contribution in [3.05, 3.63) is 22.8 Å². The molecule has 0 aromatic rings. The average Bonchev–Trinajstić information content (AvgIpc) is 2.70. The Morgan fingerprint density at radius 1 is 1.05 bits per heavy atom. The van der Waals surface area contributed by atoms with Crippen molar-refractivity contribution in [2.45, 2.75) is 70.7 Å². The minimum atomic E-state index is -0.412. The van der Waals surface area contributed by atoms with Crippen LogP contribution in [0.1, 0.15) is 52.4 Å². The molecular formula is C19H28O3. The lowest BCUT2D eigenvalue weighted by Gasteiger charge is -2.48. The summed E-state index contributed by atoms with van der Waals surface area (Å²) in [6, 6.07) is 0. The van der Waals surface area contributed by atoms with Crippen LogP contribution in [-0.4, -0.2) is 33.6 Å². The quantitative estimate of drug-likeness (QED) is 0.603. The second kappa shape index (κ2) is 4.93. The first-order chi connectivity index (χ1) is 10.4. The van der Waals surface area contributed by atoms with Crippen LogP contribution in [-0.2, 0) is 0 Å². The van der Waals surface area contributed by atoms with Gasteiger partial charge in [0.2, 0.25) is 0 Å². The van der Waals surface area contributed by atoms with Crippen molar-refractivity contribution in [1.29, 1.82) is 0 Å². The first kappa shape index (κ1) is 14.9. The van der Waals surface area contributed by atoms with Gasteiger partial charge in [0, 0.05) is 5.41 Å². The van der Waals surface area contributed by atoms with E-state index in [1.54, 1.807) is 0 Å². The maximum absolute atomic E-state index is 10.8. The summed E-state index contributed by atoms with van der Waals surface area (Å²) >= 11 is 0. The summed E-state index contributed by atoms with van der Waals surface area (Å²) in [5.41, 5.74) is 3.77. The van der Waals surface area contributed by atoms with Gasteiger partial charge in [-0.05, 0) is 61.9 Å². The molecule has 0 amide bonds. The van der Waals surface area contributed by atoms with Crippen LogP contribution in [0, 0.1) is 23.2 Å². The zero-order valence-corrected chi connectivity index (χ0v) is 13.6.